The fraction of sp³-hybridized carbons (Fsp3) is 0.323. The number of nitrogens with two attached hydrogens (primary N) is 2. The van der Waals surface area contributed by atoms with Crippen molar-refractivity contribution in [3.8, 4) is 0 Å². The number of ketones is 1. The Morgan fingerprint density at radius 1 is 0.521 bits per heavy atom. The molecule has 2 aromatic carbocycles. The summed E-state index contributed by atoms with van der Waals surface area (Å²) in [4.78, 5) is 20.7. The molecule has 252 valence electrons. The highest BCUT2D eigenvalue weighted by Gasteiger charge is 2.40. The van der Waals surface area contributed by atoms with Gasteiger partial charge in [-0.15, -0.1) is 20.4 Å². The highest BCUT2D eigenvalue weighted by atomic mass is 19.4. The summed E-state index contributed by atoms with van der Waals surface area (Å²) in [5.41, 5.74) is 7.21. The minimum absolute atomic E-state index is 0.192. The van der Waals surface area contributed by atoms with E-state index >= 15 is 0 Å². The summed E-state index contributed by atoms with van der Waals surface area (Å²) < 4.78 is 86.1. The van der Waals surface area contributed by atoms with Crippen LogP contribution in [0.2, 0.25) is 0 Å². The van der Waals surface area contributed by atoms with Crippen molar-refractivity contribution in [1.29, 1.82) is 0 Å². The number of nitrogen functional groups attached to an aromatic ring is 2. The van der Waals surface area contributed by atoms with E-state index in [0.29, 0.717) is 64.0 Å². The van der Waals surface area contributed by atoms with E-state index < -0.39 is 40.4 Å². The SMILES string of the molecule is Nc1ccc(N2CCN(c3ccc(C(=O)c4ccc(N5CCN(c6ccc(N)nn6)CC5)cc4C(F)(F)F)c(C(F)(F)F)c3)CC2)nn1. The molecule has 6 rings (SSSR count). The standard InChI is InChI=1S/C31H30F6N10O/c32-30(33,34)23-17-19(44-9-13-46(14-10-44)27-7-5-25(38)40-42-27)1-3-21(23)29(48)22-4-2-20(18-24(22)31(35,36)37)45-11-15-47(16-12-45)28-8-6-26(39)41-43-28/h1-8,17-18H,9-16H2,(H2,38,40)(H2,39,41). The molecule has 0 spiro atoms. The summed E-state index contributed by atoms with van der Waals surface area (Å²) in [6.07, 6.45) is -10.0. The van der Waals surface area contributed by atoms with Gasteiger partial charge in [-0.1, -0.05) is 0 Å². The van der Waals surface area contributed by atoms with Crippen molar-refractivity contribution in [2.75, 3.05) is 83.4 Å². The van der Waals surface area contributed by atoms with Gasteiger partial charge in [-0.3, -0.25) is 4.79 Å². The van der Waals surface area contributed by atoms with Gasteiger partial charge < -0.3 is 31.1 Å². The Morgan fingerprint density at radius 3 is 1.19 bits per heavy atom. The third-order valence-electron chi connectivity index (χ3n) is 8.39. The zero-order valence-corrected chi connectivity index (χ0v) is 25.3. The van der Waals surface area contributed by atoms with Gasteiger partial charge >= 0.3 is 12.4 Å². The van der Waals surface area contributed by atoms with Crippen molar-refractivity contribution in [2.24, 2.45) is 0 Å². The second kappa shape index (κ2) is 12.7. The van der Waals surface area contributed by atoms with E-state index in [9.17, 15) is 31.1 Å². The fourth-order valence-corrected chi connectivity index (χ4v) is 5.86. The second-order valence-corrected chi connectivity index (χ2v) is 11.4. The summed E-state index contributed by atoms with van der Waals surface area (Å²) in [5.74, 6) is 0.285. The molecule has 0 atom stereocenters. The number of hydrogen-bond acceptors (Lipinski definition) is 11. The number of hydrogen-bond donors (Lipinski definition) is 2. The Bertz CT molecular complexity index is 1640. The van der Waals surface area contributed by atoms with Gasteiger partial charge in [0.15, 0.2) is 17.4 Å². The predicted octanol–water partition coefficient (Wildman–Crippen LogP) is 4.35. The first-order valence-electron chi connectivity index (χ1n) is 14.9. The normalized spacial score (nSPS) is 16.0. The quantitative estimate of drug-likeness (QED) is 0.224. The molecule has 0 unspecified atom stereocenters. The first-order valence-corrected chi connectivity index (χ1v) is 14.9. The monoisotopic (exact) mass is 672 g/mol. The van der Waals surface area contributed by atoms with E-state index in [1.165, 1.54) is 12.1 Å². The van der Waals surface area contributed by atoms with Crippen LogP contribution in [0.15, 0.2) is 60.7 Å². The Balaban J connectivity index is 1.22. The fourth-order valence-electron chi connectivity index (χ4n) is 5.86. The summed E-state index contributed by atoms with van der Waals surface area (Å²) in [7, 11) is 0. The van der Waals surface area contributed by atoms with Crippen molar-refractivity contribution in [3.63, 3.8) is 0 Å². The average molecular weight is 673 g/mol. The Labute approximate surface area is 270 Å². The average Bonchev–Trinajstić information content (AvgIpc) is 3.07. The largest absolute Gasteiger partial charge is 0.417 e. The number of carbonyl (C=O) groups is 1. The molecular weight excluding hydrogens is 642 g/mol. The van der Waals surface area contributed by atoms with Crippen LogP contribution in [-0.4, -0.2) is 78.5 Å². The van der Waals surface area contributed by atoms with Crippen LogP contribution in [0.5, 0.6) is 0 Å². The Morgan fingerprint density at radius 2 is 0.875 bits per heavy atom. The van der Waals surface area contributed by atoms with E-state index in [1.54, 1.807) is 34.1 Å². The topological polar surface area (TPSA) is 134 Å². The molecule has 4 aromatic rings. The lowest BCUT2D eigenvalue weighted by Crippen LogP contribution is -2.47. The first kappa shape index (κ1) is 32.6. The lowest BCUT2D eigenvalue weighted by molar-refractivity contribution is -0.138. The highest BCUT2D eigenvalue weighted by molar-refractivity contribution is 6.11. The number of piperazine rings is 2. The number of rotatable bonds is 6. The number of halogens is 6. The molecule has 0 saturated carbocycles. The molecule has 2 saturated heterocycles. The molecular formula is C31H30F6N10O. The summed E-state index contributed by atoms with van der Waals surface area (Å²) in [6, 6.07) is 12.8. The van der Waals surface area contributed by atoms with Gasteiger partial charge in [-0.05, 0) is 60.7 Å². The zero-order chi connectivity index (χ0) is 34.2. The third kappa shape index (κ3) is 6.84. The smallest absolute Gasteiger partial charge is 0.382 e. The van der Waals surface area contributed by atoms with E-state index in [1.807, 2.05) is 9.80 Å². The molecule has 2 aliphatic heterocycles. The highest BCUT2D eigenvalue weighted by Crippen LogP contribution is 2.40. The molecule has 0 bridgehead atoms. The van der Waals surface area contributed by atoms with Gasteiger partial charge in [-0.2, -0.15) is 26.3 Å². The first-order chi connectivity index (χ1) is 22.8. The van der Waals surface area contributed by atoms with Crippen LogP contribution in [-0.2, 0) is 12.4 Å². The van der Waals surface area contributed by atoms with Crippen LogP contribution in [0.4, 0.5) is 61.0 Å². The second-order valence-electron chi connectivity index (χ2n) is 11.4. The maximum absolute atomic E-state index is 14.4. The van der Waals surface area contributed by atoms with Gasteiger partial charge in [0, 0.05) is 74.9 Å². The van der Waals surface area contributed by atoms with Crippen LogP contribution in [0.1, 0.15) is 27.0 Å². The Hall–Kier alpha value is -5.35. The number of nitrogens with zero attached hydrogens (tertiary/aromatic N) is 8. The van der Waals surface area contributed by atoms with Crippen LogP contribution in [0.25, 0.3) is 0 Å². The predicted molar refractivity (Wildman–Crippen MR) is 168 cm³/mol. The van der Waals surface area contributed by atoms with Crippen LogP contribution < -0.4 is 31.1 Å². The molecule has 0 radical (unpaired) electrons. The van der Waals surface area contributed by atoms with E-state index in [0.717, 1.165) is 24.3 Å². The molecule has 0 aliphatic carbocycles. The lowest BCUT2D eigenvalue weighted by Gasteiger charge is -2.37. The van der Waals surface area contributed by atoms with Crippen molar-refractivity contribution >= 4 is 40.4 Å². The molecule has 4 heterocycles. The van der Waals surface area contributed by atoms with Crippen molar-refractivity contribution in [2.45, 2.75) is 12.4 Å². The van der Waals surface area contributed by atoms with Gasteiger partial charge in [0.05, 0.1) is 11.1 Å². The maximum Gasteiger partial charge on any atom is 0.417 e. The molecule has 17 heteroatoms. The van der Waals surface area contributed by atoms with Gasteiger partial charge in [-0.25, -0.2) is 0 Å². The van der Waals surface area contributed by atoms with E-state index in [2.05, 4.69) is 20.4 Å². The van der Waals surface area contributed by atoms with Crippen molar-refractivity contribution in [1.82, 2.24) is 20.4 Å². The summed E-state index contributed by atoms with van der Waals surface area (Å²) in [5, 5.41) is 15.7. The van der Waals surface area contributed by atoms with Crippen LogP contribution >= 0.6 is 0 Å². The van der Waals surface area contributed by atoms with Crippen LogP contribution in [0.3, 0.4) is 0 Å². The maximum atomic E-state index is 14.4. The van der Waals surface area contributed by atoms with Crippen molar-refractivity contribution in [3.05, 3.63) is 82.9 Å². The molecule has 11 nitrogen and oxygen atoms in total. The van der Waals surface area contributed by atoms with Gasteiger partial charge in [0.2, 0.25) is 0 Å². The minimum Gasteiger partial charge on any atom is -0.382 e. The molecule has 4 N–H and O–H groups in total. The number of benzene rings is 2. The number of alkyl halides is 6. The third-order valence-corrected chi connectivity index (χ3v) is 8.39. The molecule has 2 aliphatic rings. The zero-order valence-electron chi connectivity index (χ0n) is 25.3. The molecule has 2 fully saturated rings. The summed E-state index contributed by atoms with van der Waals surface area (Å²) in [6.45, 7) is 3.02. The minimum atomic E-state index is -5.00. The van der Waals surface area contributed by atoms with Crippen LogP contribution in [0, 0.1) is 0 Å². The van der Waals surface area contributed by atoms with E-state index in [4.69, 9.17) is 11.5 Å². The number of anilines is 6. The van der Waals surface area contributed by atoms with Crippen molar-refractivity contribution < 1.29 is 31.1 Å². The van der Waals surface area contributed by atoms with E-state index in [-0.39, 0.29) is 23.0 Å². The molecule has 0 amide bonds. The Kier molecular flexibility index (Phi) is 8.61. The number of aromatic nitrogens is 4. The summed E-state index contributed by atoms with van der Waals surface area (Å²) >= 11 is 0. The molecule has 48 heavy (non-hydrogen) atoms. The van der Waals surface area contributed by atoms with Gasteiger partial charge in [0.25, 0.3) is 0 Å². The van der Waals surface area contributed by atoms with Gasteiger partial charge in [0.1, 0.15) is 11.6 Å². The number of carbonyl (C=O) groups excluding carboxylic acids is 1. The lowest BCUT2D eigenvalue weighted by atomic mass is 9.93. The molecule has 2 aromatic heterocycles.